The van der Waals surface area contributed by atoms with E-state index in [1.165, 1.54) is 13.1 Å². The first-order chi connectivity index (χ1) is 13.2. The van der Waals surface area contributed by atoms with Crippen molar-refractivity contribution in [3.63, 3.8) is 0 Å². The first kappa shape index (κ1) is 18.3. The average molecular weight is 384 g/mol. The van der Waals surface area contributed by atoms with Crippen LogP contribution in [0, 0.1) is 5.92 Å². The molecule has 0 unspecified atom stereocenters. The molecule has 2 aromatic rings. The second-order valence-corrected chi connectivity index (χ2v) is 8.74. The van der Waals surface area contributed by atoms with Crippen LogP contribution in [0.1, 0.15) is 17.7 Å². The van der Waals surface area contributed by atoms with Gasteiger partial charge in [0.25, 0.3) is 0 Å². The van der Waals surface area contributed by atoms with E-state index in [4.69, 9.17) is 4.74 Å². The summed E-state index contributed by atoms with van der Waals surface area (Å²) in [5, 5.41) is 2.04. The van der Waals surface area contributed by atoms with Crippen molar-refractivity contribution in [1.82, 2.24) is 0 Å². The molecule has 27 heavy (non-hydrogen) atoms. The number of carbonyl (C=O) groups excluding carboxylic acids is 1. The van der Waals surface area contributed by atoms with E-state index in [-0.39, 0.29) is 12.2 Å². The Kier molecular flexibility index (Phi) is 5.32. The number of hydrogen-bond acceptors (Lipinski definition) is 3. The Morgan fingerprint density at radius 2 is 2.00 bits per heavy atom. The van der Waals surface area contributed by atoms with Crippen LogP contribution in [0.2, 0.25) is 0 Å². The fourth-order valence-corrected chi connectivity index (χ4v) is 5.20. The lowest BCUT2D eigenvalue weighted by Crippen LogP contribution is -2.64. The molecule has 142 valence electrons. The van der Waals surface area contributed by atoms with E-state index >= 15 is 0 Å². The lowest BCUT2D eigenvalue weighted by atomic mass is 9.83. The zero-order valence-electron chi connectivity index (χ0n) is 15.6. The Morgan fingerprint density at radius 1 is 1.22 bits per heavy atom. The van der Waals surface area contributed by atoms with Crippen molar-refractivity contribution in [3.8, 4) is 0 Å². The van der Waals surface area contributed by atoms with Gasteiger partial charge in [-0.15, -0.1) is 11.3 Å². The zero-order valence-corrected chi connectivity index (χ0v) is 16.4. The number of piperidine rings is 3. The predicted molar refractivity (Wildman–Crippen MR) is 110 cm³/mol. The van der Waals surface area contributed by atoms with Crippen LogP contribution in [0.3, 0.4) is 0 Å². The van der Waals surface area contributed by atoms with E-state index in [1.54, 1.807) is 16.2 Å². The third-order valence-corrected chi connectivity index (χ3v) is 6.85. The summed E-state index contributed by atoms with van der Waals surface area (Å²) in [7, 11) is 0. The molecule has 4 nitrogen and oxygen atoms in total. The van der Waals surface area contributed by atoms with E-state index in [0.717, 1.165) is 41.0 Å². The SMILES string of the molecule is C=CC[N+]12CCC(CC1)[C@@H](OC(=O)N(Cc1cccs1)c1ccccc1)C2. The van der Waals surface area contributed by atoms with Gasteiger partial charge in [0, 0.05) is 29.3 Å². The highest BCUT2D eigenvalue weighted by molar-refractivity contribution is 7.09. The van der Waals surface area contributed by atoms with Crippen LogP contribution in [-0.4, -0.2) is 42.9 Å². The molecule has 4 heterocycles. The Labute approximate surface area is 165 Å². The number of carbonyl (C=O) groups is 1. The van der Waals surface area contributed by atoms with Gasteiger partial charge in [0.15, 0.2) is 6.10 Å². The molecular formula is C22H27N2O2S+. The van der Waals surface area contributed by atoms with E-state index in [2.05, 4.69) is 12.6 Å². The number of amides is 1. The van der Waals surface area contributed by atoms with E-state index in [9.17, 15) is 4.79 Å². The van der Waals surface area contributed by atoms with Crippen LogP contribution >= 0.6 is 11.3 Å². The van der Waals surface area contributed by atoms with E-state index < -0.39 is 0 Å². The molecule has 1 aromatic heterocycles. The Morgan fingerprint density at radius 3 is 2.67 bits per heavy atom. The van der Waals surface area contributed by atoms with Crippen LogP contribution in [-0.2, 0) is 11.3 Å². The van der Waals surface area contributed by atoms with Gasteiger partial charge >= 0.3 is 6.09 Å². The van der Waals surface area contributed by atoms with Gasteiger partial charge in [0.05, 0.1) is 26.2 Å². The van der Waals surface area contributed by atoms with Crippen molar-refractivity contribution in [3.05, 3.63) is 65.4 Å². The fraction of sp³-hybridized carbons (Fsp3) is 0.409. The maximum Gasteiger partial charge on any atom is 0.415 e. The summed E-state index contributed by atoms with van der Waals surface area (Å²) in [6, 6.07) is 13.9. The molecule has 3 aliphatic heterocycles. The number of thiophene rings is 1. The van der Waals surface area contributed by atoms with Crippen molar-refractivity contribution < 1.29 is 14.0 Å². The average Bonchev–Trinajstić information content (AvgIpc) is 3.21. The second kappa shape index (κ2) is 7.87. The highest BCUT2D eigenvalue weighted by Gasteiger charge is 2.47. The number of para-hydroxylation sites is 1. The van der Waals surface area contributed by atoms with Crippen LogP contribution < -0.4 is 4.90 Å². The molecule has 0 saturated carbocycles. The fourth-order valence-electron chi connectivity index (χ4n) is 4.51. The first-order valence-corrected chi connectivity index (χ1v) is 10.6. The molecule has 0 spiro atoms. The molecule has 3 aliphatic rings. The maximum atomic E-state index is 13.2. The number of hydrogen-bond donors (Lipinski definition) is 0. The quantitative estimate of drug-likeness (QED) is 0.535. The summed E-state index contributed by atoms with van der Waals surface area (Å²) in [5.74, 6) is 0.498. The molecule has 2 bridgehead atoms. The van der Waals surface area contributed by atoms with Crippen LogP contribution in [0.25, 0.3) is 0 Å². The van der Waals surface area contributed by atoms with E-state index in [1.807, 2.05) is 47.9 Å². The Bertz CT molecular complexity index is 767. The first-order valence-electron chi connectivity index (χ1n) is 9.71. The smallest absolute Gasteiger partial charge is 0.415 e. The highest BCUT2D eigenvalue weighted by atomic mass is 32.1. The van der Waals surface area contributed by atoms with Gasteiger partial charge in [0.1, 0.15) is 6.54 Å². The molecule has 1 amide bonds. The second-order valence-electron chi connectivity index (χ2n) is 7.70. The Hall–Kier alpha value is -2.11. The molecule has 0 N–H and O–H groups in total. The van der Waals surface area contributed by atoms with Gasteiger partial charge in [-0.05, 0) is 29.7 Å². The number of quaternary nitrogens is 1. The van der Waals surface area contributed by atoms with Crippen LogP contribution in [0.15, 0.2) is 60.5 Å². The molecule has 0 aliphatic carbocycles. The third kappa shape index (κ3) is 3.94. The highest BCUT2D eigenvalue weighted by Crippen LogP contribution is 2.36. The minimum absolute atomic E-state index is 0.00879. The molecule has 0 radical (unpaired) electrons. The summed E-state index contributed by atoms with van der Waals surface area (Å²) >= 11 is 1.66. The van der Waals surface area contributed by atoms with Gasteiger partial charge in [0.2, 0.25) is 0 Å². The van der Waals surface area contributed by atoms with Crippen molar-refractivity contribution in [1.29, 1.82) is 0 Å². The number of anilines is 1. The van der Waals surface area contributed by atoms with Gasteiger partial charge < -0.3 is 9.22 Å². The number of nitrogens with zero attached hydrogens (tertiary/aromatic N) is 2. The molecular weight excluding hydrogens is 356 g/mol. The normalized spacial score (nSPS) is 26.5. The lowest BCUT2D eigenvalue weighted by Gasteiger charge is -2.51. The summed E-state index contributed by atoms with van der Waals surface area (Å²) < 4.78 is 7.13. The van der Waals surface area contributed by atoms with Crippen molar-refractivity contribution in [2.75, 3.05) is 31.1 Å². The number of rotatable bonds is 6. The lowest BCUT2D eigenvalue weighted by molar-refractivity contribution is -0.941. The zero-order chi connectivity index (χ0) is 18.7. The summed E-state index contributed by atoms with van der Waals surface area (Å²) in [6.45, 7) is 8.73. The molecule has 3 saturated heterocycles. The van der Waals surface area contributed by atoms with Crippen LogP contribution in [0.4, 0.5) is 10.5 Å². The molecule has 1 atom stereocenters. The summed E-state index contributed by atoms with van der Waals surface area (Å²) in [5.41, 5.74) is 0.882. The van der Waals surface area contributed by atoms with Gasteiger partial charge in [-0.25, -0.2) is 4.79 Å². The van der Waals surface area contributed by atoms with E-state index in [0.29, 0.717) is 12.5 Å². The Balaban J connectivity index is 1.51. The topological polar surface area (TPSA) is 29.5 Å². The number of ether oxygens (including phenoxy) is 1. The van der Waals surface area contributed by atoms with Crippen molar-refractivity contribution in [2.24, 2.45) is 5.92 Å². The largest absolute Gasteiger partial charge is 0.440 e. The molecule has 5 rings (SSSR count). The maximum absolute atomic E-state index is 13.2. The third-order valence-electron chi connectivity index (χ3n) is 5.99. The summed E-state index contributed by atoms with van der Waals surface area (Å²) in [4.78, 5) is 16.1. The number of benzene rings is 1. The minimum atomic E-state index is -0.231. The molecule has 1 aromatic carbocycles. The van der Waals surface area contributed by atoms with Crippen LogP contribution in [0.5, 0.6) is 0 Å². The standard InChI is InChI=1S/C22H27N2O2S/c1-2-12-24-13-10-18(11-14-24)21(17-24)26-22(25)23(16-20-9-6-15-27-20)19-7-4-3-5-8-19/h2-9,15,18,21H,1,10-14,16-17H2/q+1/t18?,21-,24?/m0/s1. The molecule has 3 fully saturated rings. The predicted octanol–water partition coefficient (Wildman–Crippen LogP) is 4.69. The van der Waals surface area contributed by atoms with Gasteiger partial charge in [-0.2, -0.15) is 0 Å². The monoisotopic (exact) mass is 383 g/mol. The minimum Gasteiger partial charge on any atom is -0.440 e. The van der Waals surface area contributed by atoms with Gasteiger partial charge in [-0.1, -0.05) is 30.8 Å². The van der Waals surface area contributed by atoms with Crippen molar-refractivity contribution in [2.45, 2.75) is 25.5 Å². The van der Waals surface area contributed by atoms with Gasteiger partial charge in [-0.3, -0.25) is 4.90 Å². The van der Waals surface area contributed by atoms with Crippen molar-refractivity contribution >= 4 is 23.1 Å². The molecule has 5 heteroatoms. The number of fused-ring (bicyclic) bond motifs is 3. The summed E-state index contributed by atoms with van der Waals surface area (Å²) in [6.07, 6.45) is 4.07.